The SMILES string of the molecule is CC(C)C[C@H]1CN(c2ccc(C(=O)N3CCOCC3)cn2)CC[C@@]1(C)O. The zero-order chi connectivity index (χ0) is 18.7. The van der Waals surface area contributed by atoms with Gasteiger partial charge >= 0.3 is 0 Å². The van der Waals surface area contributed by atoms with Gasteiger partial charge in [0.25, 0.3) is 5.91 Å². The van der Waals surface area contributed by atoms with Gasteiger partial charge in [0.15, 0.2) is 0 Å². The third kappa shape index (κ3) is 4.35. The number of carbonyl (C=O) groups is 1. The maximum atomic E-state index is 12.5. The monoisotopic (exact) mass is 361 g/mol. The minimum absolute atomic E-state index is 0.0200. The summed E-state index contributed by atoms with van der Waals surface area (Å²) in [5.74, 6) is 1.68. The summed E-state index contributed by atoms with van der Waals surface area (Å²) in [6, 6.07) is 3.80. The molecule has 1 aromatic rings. The Morgan fingerprint density at radius 1 is 1.35 bits per heavy atom. The van der Waals surface area contributed by atoms with Gasteiger partial charge < -0.3 is 19.6 Å². The highest BCUT2D eigenvalue weighted by Crippen LogP contribution is 2.33. The fourth-order valence-electron chi connectivity index (χ4n) is 3.87. The summed E-state index contributed by atoms with van der Waals surface area (Å²) in [6.45, 7) is 10.4. The molecule has 3 rings (SSSR count). The molecule has 6 nitrogen and oxygen atoms in total. The van der Waals surface area contributed by atoms with E-state index < -0.39 is 5.60 Å². The molecule has 0 spiro atoms. The number of piperidine rings is 1. The molecule has 1 aromatic heterocycles. The summed E-state index contributed by atoms with van der Waals surface area (Å²) in [5.41, 5.74) is 0.00546. The van der Waals surface area contributed by atoms with Crippen LogP contribution in [0.4, 0.5) is 5.82 Å². The van der Waals surface area contributed by atoms with E-state index in [0.717, 1.165) is 31.7 Å². The van der Waals surface area contributed by atoms with Crippen molar-refractivity contribution >= 4 is 11.7 Å². The minimum atomic E-state index is -0.618. The molecule has 2 saturated heterocycles. The summed E-state index contributed by atoms with van der Waals surface area (Å²) in [4.78, 5) is 21.1. The standard InChI is InChI=1S/C20H31N3O3/c1-15(2)12-17-14-23(7-6-20(17,3)25)18-5-4-16(13-21-18)19(24)22-8-10-26-11-9-22/h4-5,13,15,17,25H,6-12,14H2,1-3H3/t17-,20+/m0/s1. The predicted octanol–water partition coefficient (Wildman–Crippen LogP) is 2.18. The van der Waals surface area contributed by atoms with Gasteiger partial charge in [0.05, 0.1) is 24.4 Å². The van der Waals surface area contributed by atoms with Crippen LogP contribution in [0.15, 0.2) is 18.3 Å². The first kappa shape index (κ1) is 19.1. The molecule has 0 aromatic carbocycles. The second kappa shape index (κ2) is 7.92. The molecule has 144 valence electrons. The number of amides is 1. The van der Waals surface area contributed by atoms with Crippen LogP contribution in [-0.2, 0) is 4.74 Å². The molecule has 0 radical (unpaired) electrons. The lowest BCUT2D eigenvalue weighted by Gasteiger charge is -2.44. The molecular formula is C20H31N3O3. The molecule has 1 N–H and O–H groups in total. The first-order valence-electron chi connectivity index (χ1n) is 9.67. The number of nitrogens with zero attached hydrogens (tertiary/aromatic N) is 3. The smallest absolute Gasteiger partial charge is 0.255 e. The van der Waals surface area contributed by atoms with Gasteiger partial charge in [0.2, 0.25) is 0 Å². The highest BCUT2D eigenvalue weighted by atomic mass is 16.5. The van der Waals surface area contributed by atoms with Gasteiger partial charge in [-0.2, -0.15) is 0 Å². The van der Waals surface area contributed by atoms with Gasteiger partial charge in [-0.15, -0.1) is 0 Å². The van der Waals surface area contributed by atoms with Gasteiger partial charge in [-0.1, -0.05) is 13.8 Å². The van der Waals surface area contributed by atoms with E-state index in [0.29, 0.717) is 37.8 Å². The average molecular weight is 361 g/mol. The van der Waals surface area contributed by atoms with Crippen LogP contribution in [0.1, 0.15) is 44.0 Å². The number of pyridine rings is 1. The van der Waals surface area contributed by atoms with Crippen molar-refractivity contribution in [2.75, 3.05) is 44.3 Å². The molecule has 0 bridgehead atoms. The number of anilines is 1. The van der Waals surface area contributed by atoms with Crippen molar-refractivity contribution in [3.05, 3.63) is 23.9 Å². The largest absolute Gasteiger partial charge is 0.390 e. The molecule has 2 atom stereocenters. The molecule has 0 aliphatic carbocycles. The summed E-state index contributed by atoms with van der Waals surface area (Å²) >= 11 is 0. The Kier molecular flexibility index (Phi) is 5.82. The predicted molar refractivity (Wildman–Crippen MR) is 101 cm³/mol. The molecule has 26 heavy (non-hydrogen) atoms. The van der Waals surface area contributed by atoms with E-state index >= 15 is 0 Å². The Labute approximate surface area is 156 Å². The van der Waals surface area contributed by atoms with Crippen LogP contribution in [0, 0.1) is 11.8 Å². The number of hydrogen-bond donors (Lipinski definition) is 1. The maximum absolute atomic E-state index is 12.5. The Morgan fingerprint density at radius 3 is 2.69 bits per heavy atom. The van der Waals surface area contributed by atoms with E-state index in [4.69, 9.17) is 4.74 Å². The van der Waals surface area contributed by atoms with Crippen LogP contribution in [-0.4, -0.2) is 65.9 Å². The number of aromatic nitrogens is 1. The normalized spacial score (nSPS) is 27.0. The Morgan fingerprint density at radius 2 is 2.08 bits per heavy atom. The van der Waals surface area contributed by atoms with Crippen LogP contribution >= 0.6 is 0 Å². The van der Waals surface area contributed by atoms with Crippen LogP contribution in [0.3, 0.4) is 0 Å². The van der Waals surface area contributed by atoms with Crippen molar-refractivity contribution < 1.29 is 14.6 Å². The summed E-state index contributed by atoms with van der Waals surface area (Å²) < 4.78 is 5.30. The van der Waals surface area contributed by atoms with Crippen LogP contribution in [0.25, 0.3) is 0 Å². The second-order valence-electron chi connectivity index (χ2n) is 8.19. The summed E-state index contributed by atoms with van der Waals surface area (Å²) in [6.07, 6.45) is 3.41. The lowest BCUT2D eigenvalue weighted by atomic mass is 9.78. The van der Waals surface area contributed by atoms with Crippen LogP contribution < -0.4 is 4.90 Å². The quantitative estimate of drug-likeness (QED) is 0.890. The van der Waals surface area contributed by atoms with Crippen molar-refractivity contribution in [2.45, 2.75) is 39.2 Å². The van der Waals surface area contributed by atoms with E-state index in [2.05, 4.69) is 23.7 Å². The molecular weight excluding hydrogens is 330 g/mol. The number of aliphatic hydroxyl groups is 1. The van der Waals surface area contributed by atoms with E-state index in [1.54, 1.807) is 6.20 Å². The van der Waals surface area contributed by atoms with Crippen molar-refractivity contribution in [3.63, 3.8) is 0 Å². The maximum Gasteiger partial charge on any atom is 0.255 e. The Bertz CT molecular complexity index is 609. The first-order valence-corrected chi connectivity index (χ1v) is 9.67. The number of ether oxygens (including phenoxy) is 1. The minimum Gasteiger partial charge on any atom is -0.390 e. The van der Waals surface area contributed by atoms with Crippen molar-refractivity contribution in [3.8, 4) is 0 Å². The van der Waals surface area contributed by atoms with Crippen LogP contribution in [0.5, 0.6) is 0 Å². The molecule has 2 aliphatic heterocycles. The third-order valence-electron chi connectivity index (χ3n) is 5.58. The van der Waals surface area contributed by atoms with Crippen LogP contribution in [0.2, 0.25) is 0 Å². The molecule has 2 aliphatic rings. The molecule has 0 saturated carbocycles. The topological polar surface area (TPSA) is 65.9 Å². The van der Waals surface area contributed by atoms with Crippen molar-refractivity contribution in [2.24, 2.45) is 11.8 Å². The zero-order valence-electron chi connectivity index (χ0n) is 16.1. The van der Waals surface area contributed by atoms with Gasteiger partial charge in [-0.05, 0) is 37.8 Å². The third-order valence-corrected chi connectivity index (χ3v) is 5.58. The fraction of sp³-hybridized carbons (Fsp3) is 0.700. The van der Waals surface area contributed by atoms with E-state index in [1.807, 2.05) is 24.0 Å². The van der Waals surface area contributed by atoms with E-state index in [9.17, 15) is 9.90 Å². The first-order chi connectivity index (χ1) is 12.4. The lowest BCUT2D eigenvalue weighted by molar-refractivity contribution is -0.0247. The highest BCUT2D eigenvalue weighted by Gasteiger charge is 2.38. The number of rotatable bonds is 4. The molecule has 0 unspecified atom stereocenters. The fourth-order valence-corrected chi connectivity index (χ4v) is 3.87. The van der Waals surface area contributed by atoms with E-state index in [-0.39, 0.29) is 11.8 Å². The van der Waals surface area contributed by atoms with Crippen molar-refractivity contribution in [1.82, 2.24) is 9.88 Å². The van der Waals surface area contributed by atoms with E-state index in [1.165, 1.54) is 0 Å². The number of hydrogen-bond acceptors (Lipinski definition) is 5. The molecule has 6 heteroatoms. The van der Waals surface area contributed by atoms with Crippen molar-refractivity contribution in [1.29, 1.82) is 0 Å². The summed E-state index contributed by atoms with van der Waals surface area (Å²) in [7, 11) is 0. The highest BCUT2D eigenvalue weighted by molar-refractivity contribution is 5.94. The Hall–Kier alpha value is -1.66. The van der Waals surface area contributed by atoms with Gasteiger partial charge in [-0.25, -0.2) is 4.98 Å². The summed E-state index contributed by atoms with van der Waals surface area (Å²) in [5, 5.41) is 10.7. The average Bonchev–Trinajstić information content (AvgIpc) is 2.63. The van der Waals surface area contributed by atoms with Gasteiger partial charge in [0, 0.05) is 38.3 Å². The van der Waals surface area contributed by atoms with Gasteiger partial charge in [-0.3, -0.25) is 4.79 Å². The Balaban J connectivity index is 1.67. The second-order valence-corrected chi connectivity index (χ2v) is 8.19. The molecule has 1 amide bonds. The molecule has 2 fully saturated rings. The molecule has 3 heterocycles. The zero-order valence-corrected chi connectivity index (χ0v) is 16.1. The van der Waals surface area contributed by atoms with Gasteiger partial charge in [0.1, 0.15) is 5.82 Å². The lowest BCUT2D eigenvalue weighted by Crippen LogP contribution is -2.51. The number of morpholine rings is 1. The number of carbonyl (C=O) groups excluding carboxylic acids is 1.